The van der Waals surface area contributed by atoms with Crippen molar-refractivity contribution >= 4 is 46.3 Å². The highest BCUT2D eigenvalue weighted by molar-refractivity contribution is 8.26. The Bertz CT molecular complexity index is 1120. The molecule has 4 bridgehead atoms. The van der Waals surface area contributed by atoms with E-state index in [1.54, 1.807) is 30.3 Å². The first-order valence-corrected chi connectivity index (χ1v) is 12.4. The molecule has 32 heavy (non-hydrogen) atoms. The second-order valence-electron chi connectivity index (χ2n) is 9.56. The predicted octanol–water partition coefficient (Wildman–Crippen LogP) is 5.67. The lowest BCUT2D eigenvalue weighted by Crippen LogP contribution is -2.57. The van der Waals surface area contributed by atoms with Crippen LogP contribution < -0.4 is 0 Å². The van der Waals surface area contributed by atoms with Crippen molar-refractivity contribution in [3.05, 3.63) is 52.6 Å². The molecule has 4 aliphatic carbocycles. The molecule has 1 N–H and O–H groups in total. The van der Waals surface area contributed by atoms with Crippen molar-refractivity contribution in [3.8, 4) is 11.3 Å². The molecule has 1 amide bonds. The fourth-order valence-corrected chi connectivity index (χ4v) is 7.87. The van der Waals surface area contributed by atoms with Gasteiger partial charge in [-0.1, -0.05) is 36.1 Å². The molecular formula is C25H23NO4S2. The maximum atomic E-state index is 13.4. The third-order valence-electron chi connectivity index (χ3n) is 7.62. The monoisotopic (exact) mass is 465 g/mol. The summed E-state index contributed by atoms with van der Waals surface area (Å²) in [6.07, 6.45) is 8.15. The number of hydrogen-bond acceptors (Lipinski definition) is 5. The zero-order valence-corrected chi connectivity index (χ0v) is 19.0. The summed E-state index contributed by atoms with van der Waals surface area (Å²) >= 11 is 7.05. The maximum Gasteiger partial charge on any atom is 0.335 e. The Morgan fingerprint density at radius 3 is 2.31 bits per heavy atom. The van der Waals surface area contributed by atoms with Gasteiger partial charge in [0.25, 0.3) is 5.91 Å². The van der Waals surface area contributed by atoms with Gasteiger partial charge in [0.1, 0.15) is 15.8 Å². The highest BCUT2D eigenvalue weighted by Crippen LogP contribution is 2.56. The molecular weight excluding hydrogens is 442 g/mol. The number of carboxylic acid groups (broad SMARTS) is 1. The number of furan rings is 1. The summed E-state index contributed by atoms with van der Waals surface area (Å²) in [4.78, 5) is 27.0. The average molecular weight is 466 g/mol. The highest BCUT2D eigenvalue weighted by atomic mass is 32.2. The lowest BCUT2D eigenvalue weighted by Gasteiger charge is -2.56. The Kier molecular flexibility index (Phi) is 4.80. The number of nitrogens with zero attached hydrogens (tertiary/aromatic N) is 1. The molecule has 2 aromatic rings. The van der Waals surface area contributed by atoms with Crippen LogP contribution in [0, 0.1) is 23.7 Å². The number of carboxylic acids is 1. The minimum Gasteiger partial charge on any atom is -0.478 e. The van der Waals surface area contributed by atoms with E-state index in [1.165, 1.54) is 43.9 Å². The van der Waals surface area contributed by atoms with Gasteiger partial charge in [-0.25, -0.2) is 4.79 Å². The van der Waals surface area contributed by atoms with Gasteiger partial charge in [0.15, 0.2) is 0 Å². The van der Waals surface area contributed by atoms with E-state index in [9.17, 15) is 9.59 Å². The van der Waals surface area contributed by atoms with Gasteiger partial charge < -0.3 is 9.52 Å². The first kappa shape index (κ1) is 20.2. The van der Waals surface area contributed by atoms with Crippen LogP contribution in [-0.2, 0) is 4.79 Å². The van der Waals surface area contributed by atoms with Gasteiger partial charge in [0.05, 0.1) is 10.5 Å². The van der Waals surface area contributed by atoms with Crippen LogP contribution in [-0.4, -0.2) is 32.2 Å². The Morgan fingerprint density at radius 2 is 1.69 bits per heavy atom. The van der Waals surface area contributed by atoms with Crippen LogP contribution in [0.4, 0.5) is 0 Å². The molecule has 164 valence electrons. The molecule has 5 fully saturated rings. The fourth-order valence-electron chi connectivity index (χ4n) is 6.55. The number of hydrogen-bond donors (Lipinski definition) is 1. The van der Waals surface area contributed by atoms with Crippen LogP contribution in [0.15, 0.2) is 45.7 Å². The van der Waals surface area contributed by atoms with E-state index in [1.807, 2.05) is 17.0 Å². The van der Waals surface area contributed by atoms with Crippen LogP contribution >= 0.6 is 24.0 Å². The second-order valence-corrected chi connectivity index (χ2v) is 11.2. The van der Waals surface area contributed by atoms with Crippen LogP contribution in [0.5, 0.6) is 0 Å². The summed E-state index contributed by atoms with van der Waals surface area (Å²) in [5, 5.41) is 9.06. The molecule has 1 aliphatic heterocycles. The molecule has 0 spiro atoms. The quantitative estimate of drug-likeness (QED) is 0.463. The molecule has 2 heterocycles. The molecule has 0 atom stereocenters. The van der Waals surface area contributed by atoms with Crippen LogP contribution in [0.25, 0.3) is 17.4 Å². The molecule has 7 heteroatoms. The molecule has 0 radical (unpaired) electrons. The van der Waals surface area contributed by atoms with E-state index in [4.69, 9.17) is 21.7 Å². The van der Waals surface area contributed by atoms with Crippen LogP contribution in [0.2, 0.25) is 0 Å². The van der Waals surface area contributed by atoms with Crippen molar-refractivity contribution in [3.63, 3.8) is 0 Å². The highest BCUT2D eigenvalue weighted by Gasteiger charge is 2.53. The number of carbonyl (C=O) groups excluding carboxylic acids is 1. The first-order valence-electron chi connectivity index (χ1n) is 11.2. The Hall–Kier alpha value is -2.38. The normalized spacial score (nSPS) is 32.3. The van der Waals surface area contributed by atoms with Gasteiger partial charge in [-0.3, -0.25) is 9.69 Å². The van der Waals surface area contributed by atoms with Gasteiger partial charge >= 0.3 is 5.97 Å². The number of rotatable bonds is 4. The number of thiocarbonyl (C=S) groups is 1. The molecule has 7 rings (SSSR count). The summed E-state index contributed by atoms with van der Waals surface area (Å²) in [5.74, 6) is 3.17. The number of thioether (sulfide) groups is 1. The Labute approximate surface area is 195 Å². The van der Waals surface area contributed by atoms with Crippen molar-refractivity contribution in [1.82, 2.24) is 4.90 Å². The minimum absolute atomic E-state index is 0.0150. The van der Waals surface area contributed by atoms with Crippen molar-refractivity contribution in [1.29, 1.82) is 0 Å². The standard InChI is InChI=1S/C25H23NO4S2/c27-23-21(12-19-5-6-20(30-19)15-1-3-16(4-2-15)24(28)29)32-25(31)26(23)22-17-8-13-7-14(10-17)11-18(22)9-13/h1-6,12-14,17-18,22H,7-11H2,(H,28,29). The van der Waals surface area contributed by atoms with E-state index in [-0.39, 0.29) is 17.5 Å². The van der Waals surface area contributed by atoms with E-state index >= 15 is 0 Å². The zero-order valence-electron chi connectivity index (χ0n) is 17.4. The predicted molar refractivity (Wildman–Crippen MR) is 127 cm³/mol. The van der Waals surface area contributed by atoms with Gasteiger partial charge in [0.2, 0.25) is 0 Å². The smallest absolute Gasteiger partial charge is 0.335 e. The third-order valence-corrected chi connectivity index (χ3v) is 8.95. The van der Waals surface area contributed by atoms with Crippen LogP contribution in [0.1, 0.15) is 48.2 Å². The maximum absolute atomic E-state index is 13.4. The lowest BCUT2D eigenvalue weighted by atomic mass is 9.54. The molecule has 0 unspecified atom stereocenters. The van der Waals surface area contributed by atoms with E-state index < -0.39 is 5.97 Å². The van der Waals surface area contributed by atoms with Gasteiger partial charge in [-0.15, -0.1) is 0 Å². The topological polar surface area (TPSA) is 70.8 Å². The van der Waals surface area contributed by atoms with E-state index in [0.29, 0.717) is 32.6 Å². The summed E-state index contributed by atoms with van der Waals surface area (Å²) in [5.41, 5.74) is 1.02. The summed E-state index contributed by atoms with van der Waals surface area (Å²) < 4.78 is 6.62. The lowest BCUT2D eigenvalue weighted by molar-refractivity contribution is -0.130. The Morgan fingerprint density at radius 1 is 1.03 bits per heavy atom. The summed E-state index contributed by atoms with van der Waals surface area (Å²) in [6, 6.07) is 10.5. The minimum atomic E-state index is -0.960. The van der Waals surface area contributed by atoms with Crippen molar-refractivity contribution in [2.45, 2.75) is 38.1 Å². The molecule has 1 saturated heterocycles. The first-order chi connectivity index (χ1) is 15.5. The molecule has 1 aromatic carbocycles. The van der Waals surface area contributed by atoms with Gasteiger partial charge in [0, 0.05) is 17.7 Å². The largest absolute Gasteiger partial charge is 0.478 e. The van der Waals surface area contributed by atoms with Gasteiger partial charge in [-0.05, 0) is 80.0 Å². The molecule has 5 aliphatic rings. The number of carbonyl (C=O) groups is 2. The van der Waals surface area contributed by atoms with E-state index in [0.717, 1.165) is 17.4 Å². The van der Waals surface area contributed by atoms with E-state index in [2.05, 4.69) is 0 Å². The van der Waals surface area contributed by atoms with Crippen LogP contribution in [0.3, 0.4) is 0 Å². The fraction of sp³-hybridized carbons (Fsp3) is 0.400. The average Bonchev–Trinajstić information content (AvgIpc) is 3.33. The molecule has 1 aromatic heterocycles. The third kappa shape index (κ3) is 3.33. The van der Waals surface area contributed by atoms with Crippen molar-refractivity contribution in [2.75, 3.05) is 0 Å². The molecule has 4 saturated carbocycles. The number of amides is 1. The summed E-state index contributed by atoms with van der Waals surface area (Å²) in [7, 11) is 0. The SMILES string of the molecule is O=C(O)c1ccc(-c2ccc(C=C3SC(=S)N(C4C5CC6CC(C5)CC4C6)C3=O)o2)cc1. The zero-order chi connectivity index (χ0) is 22.0. The van der Waals surface area contributed by atoms with Crippen molar-refractivity contribution < 1.29 is 19.1 Å². The summed E-state index contributed by atoms with van der Waals surface area (Å²) in [6.45, 7) is 0. The number of benzene rings is 1. The Balaban J connectivity index is 1.23. The number of aromatic carboxylic acids is 1. The second kappa shape index (κ2) is 7.59. The van der Waals surface area contributed by atoms with Crippen molar-refractivity contribution in [2.24, 2.45) is 23.7 Å². The van der Waals surface area contributed by atoms with Gasteiger partial charge in [-0.2, -0.15) is 0 Å². The molecule has 5 nitrogen and oxygen atoms in total.